The number of rotatable bonds is 5. The van der Waals surface area contributed by atoms with Crippen molar-refractivity contribution >= 4 is 16.7 Å². The Hall–Kier alpha value is -4.19. The third kappa shape index (κ3) is 4.15. The van der Waals surface area contributed by atoms with Gasteiger partial charge in [0.05, 0.1) is 23.3 Å². The number of benzene rings is 1. The van der Waals surface area contributed by atoms with Gasteiger partial charge < -0.3 is 14.0 Å². The fraction of sp³-hybridized carbons (Fsp3) is 0.148. The van der Waals surface area contributed by atoms with Crippen molar-refractivity contribution in [1.29, 1.82) is 0 Å². The van der Waals surface area contributed by atoms with Crippen molar-refractivity contribution < 1.29 is 14.3 Å². The van der Waals surface area contributed by atoms with E-state index in [9.17, 15) is 9.59 Å². The fourth-order valence-electron chi connectivity index (χ4n) is 4.01. The third-order valence-electron chi connectivity index (χ3n) is 5.63. The quantitative estimate of drug-likeness (QED) is 0.528. The molecular formula is C27H22N2O4. The largest absolute Gasteiger partial charge is 0.465 e. The molecule has 0 fully saturated rings. The summed E-state index contributed by atoms with van der Waals surface area (Å²) in [5.74, 6) is -0.0555. The minimum Gasteiger partial charge on any atom is -0.465 e. The number of ether oxygens (including phenoxy) is 2. The average molecular weight is 438 g/mol. The molecule has 0 unspecified atom stereocenters. The highest BCUT2D eigenvalue weighted by Gasteiger charge is 2.25. The van der Waals surface area contributed by atoms with E-state index in [1.807, 2.05) is 54.0 Å². The topological polar surface area (TPSA) is 70.4 Å². The van der Waals surface area contributed by atoms with E-state index < -0.39 is 5.78 Å². The summed E-state index contributed by atoms with van der Waals surface area (Å²) in [6.45, 7) is 2.35. The van der Waals surface area contributed by atoms with Crippen LogP contribution in [0.25, 0.3) is 10.9 Å². The molecule has 1 aromatic carbocycles. The predicted molar refractivity (Wildman–Crippen MR) is 125 cm³/mol. The van der Waals surface area contributed by atoms with Gasteiger partial charge in [-0.1, -0.05) is 36.4 Å². The molecule has 33 heavy (non-hydrogen) atoms. The fourth-order valence-corrected chi connectivity index (χ4v) is 4.01. The Bertz CT molecular complexity index is 1440. The van der Waals surface area contributed by atoms with Gasteiger partial charge >= 0.3 is 0 Å². The maximum atomic E-state index is 13.4. The van der Waals surface area contributed by atoms with Crippen molar-refractivity contribution in [3.05, 3.63) is 124 Å². The van der Waals surface area contributed by atoms with Crippen LogP contribution < -0.4 is 5.43 Å². The summed E-state index contributed by atoms with van der Waals surface area (Å²) in [6, 6.07) is 13.0. The highest BCUT2D eigenvalue weighted by atomic mass is 16.5. The molecule has 0 spiro atoms. The van der Waals surface area contributed by atoms with Crippen LogP contribution in [-0.2, 0) is 16.0 Å². The van der Waals surface area contributed by atoms with Crippen LogP contribution in [0.4, 0.5) is 0 Å². The Labute approximate surface area is 190 Å². The highest BCUT2D eigenvalue weighted by molar-refractivity contribution is 6.08. The Morgan fingerprint density at radius 2 is 2.00 bits per heavy atom. The number of carbonyl (C=O) groups is 1. The second kappa shape index (κ2) is 8.74. The van der Waals surface area contributed by atoms with Gasteiger partial charge in [0.2, 0.25) is 17.0 Å². The van der Waals surface area contributed by atoms with Crippen LogP contribution in [0, 0.1) is 6.92 Å². The molecule has 0 N–H and O–H groups in total. The maximum absolute atomic E-state index is 13.4. The molecule has 0 saturated carbocycles. The summed E-state index contributed by atoms with van der Waals surface area (Å²) in [4.78, 5) is 31.2. The predicted octanol–water partition coefficient (Wildman–Crippen LogP) is 4.94. The smallest absolute Gasteiger partial charge is 0.236 e. The van der Waals surface area contributed by atoms with Crippen LogP contribution in [0.2, 0.25) is 0 Å². The lowest BCUT2D eigenvalue weighted by Crippen LogP contribution is -2.22. The van der Waals surface area contributed by atoms with Crippen LogP contribution in [0.15, 0.2) is 101 Å². The molecule has 0 amide bonds. The maximum Gasteiger partial charge on any atom is 0.236 e. The standard InChI is InChI=1S/C27H22N2O4/c1-18-8-7-11-20(28-18)14-29-15-22(26(30)21-12-5-6-13-23(21)29)27(31)25-17-32-16-24(33-25)19-9-3-2-4-10-19/h2-3,5-9,11-13,15-17H,4,10,14H2,1H3. The van der Waals surface area contributed by atoms with Gasteiger partial charge in [-0.05, 0) is 49.6 Å². The van der Waals surface area contributed by atoms with Crippen molar-refractivity contribution in [3.8, 4) is 0 Å². The van der Waals surface area contributed by atoms with Crippen molar-refractivity contribution in [1.82, 2.24) is 9.55 Å². The highest BCUT2D eigenvalue weighted by Crippen LogP contribution is 2.27. The number of carbonyl (C=O) groups excluding carboxylic acids is 1. The number of fused-ring (bicyclic) bond motifs is 1. The molecule has 164 valence electrons. The molecule has 6 heteroatoms. The van der Waals surface area contributed by atoms with E-state index in [-0.39, 0.29) is 16.8 Å². The van der Waals surface area contributed by atoms with Crippen LogP contribution in [0.1, 0.15) is 34.6 Å². The van der Waals surface area contributed by atoms with Crippen LogP contribution in [0.3, 0.4) is 0 Å². The normalized spacial score (nSPS) is 15.2. The molecule has 2 aliphatic rings. The van der Waals surface area contributed by atoms with Crippen molar-refractivity contribution in [2.45, 2.75) is 26.3 Å². The van der Waals surface area contributed by atoms with Crippen LogP contribution >= 0.6 is 0 Å². The Morgan fingerprint density at radius 3 is 2.82 bits per heavy atom. The first kappa shape index (κ1) is 20.7. The minimum absolute atomic E-state index is 0.0180. The van der Waals surface area contributed by atoms with Crippen LogP contribution in [-0.4, -0.2) is 15.3 Å². The number of hydrogen-bond donors (Lipinski definition) is 0. The first-order chi connectivity index (χ1) is 16.1. The van der Waals surface area contributed by atoms with E-state index in [1.54, 1.807) is 18.3 Å². The van der Waals surface area contributed by atoms with E-state index in [4.69, 9.17) is 9.47 Å². The third-order valence-corrected chi connectivity index (χ3v) is 5.63. The number of para-hydroxylation sites is 1. The Balaban J connectivity index is 1.52. The van der Waals surface area contributed by atoms with E-state index >= 15 is 0 Å². The van der Waals surface area contributed by atoms with Gasteiger partial charge in [-0.25, -0.2) is 0 Å². The molecule has 1 aliphatic heterocycles. The molecule has 0 saturated heterocycles. The zero-order chi connectivity index (χ0) is 22.8. The number of nitrogens with zero attached hydrogens (tertiary/aromatic N) is 2. The summed E-state index contributed by atoms with van der Waals surface area (Å²) >= 11 is 0. The summed E-state index contributed by atoms with van der Waals surface area (Å²) in [6.07, 6.45) is 11.9. The lowest BCUT2D eigenvalue weighted by molar-refractivity contribution is 0.0932. The summed E-state index contributed by atoms with van der Waals surface area (Å²) in [5, 5.41) is 0.462. The van der Waals surface area contributed by atoms with Gasteiger partial charge in [0, 0.05) is 17.3 Å². The molecule has 0 bridgehead atoms. The number of ketones is 1. The first-order valence-electron chi connectivity index (χ1n) is 10.8. The number of allylic oxidation sites excluding steroid dienone is 5. The number of pyridine rings is 2. The Morgan fingerprint density at radius 1 is 1.12 bits per heavy atom. The summed E-state index contributed by atoms with van der Waals surface area (Å²) < 4.78 is 13.1. The van der Waals surface area contributed by atoms with Crippen LogP contribution in [0.5, 0.6) is 0 Å². The lowest BCUT2D eigenvalue weighted by Gasteiger charge is -2.19. The van der Waals surface area contributed by atoms with Gasteiger partial charge in [0.1, 0.15) is 12.5 Å². The first-order valence-corrected chi connectivity index (χ1v) is 10.8. The second-order valence-corrected chi connectivity index (χ2v) is 7.98. The monoisotopic (exact) mass is 438 g/mol. The number of Topliss-reactive ketones (excluding diaryl/α,β-unsaturated/α-hetero) is 1. The van der Waals surface area contributed by atoms with Gasteiger partial charge in [-0.15, -0.1) is 0 Å². The van der Waals surface area contributed by atoms with Gasteiger partial charge in [-0.3, -0.25) is 14.6 Å². The SMILES string of the molecule is Cc1cccc(Cn2cc(C(=O)C3=COC=C(C4=CC=CCC4)O3)c(=O)c3ccccc32)n1. The summed E-state index contributed by atoms with van der Waals surface area (Å²) in [7, 11) is 0. The molecule has 3 heterocycles. The average Bonchev–Trinajstić information content (AvgIpc) is 2.86. The zero-order valence-electron chi connectivity index (χ0n) is 18.2. The van der Waals surface area contributed by atoms with Crippen molar-refractivity contribution in [3.63, 3.8) is 0 Å². The van der Waals surface area contributed by atoms with E-state index in [2.05, 4.69) is 11.1 Å². The molecule has 0 atom stereocenters. The van der Waals surface area contributed by atoms with E-state index in [1.165, 1.54) is 12.5 Å². The minimum atomic E-state index is -0.519. The van der Waals surface area contributed by atoms with Gasteiger partial charge in [0.25, 0.3) is 0 Å². The van der Waals surface area contributed by atoms with Crippen molar-refractivity contribution in [2.24, 2.45) is 0 Å². The molecule has 3 aromatic rings. The molecular weight excluding hydrogens is 416 g/mol. The molecule has 2 aromatic heterocycles. The summed E-state index contributed by atoms with van der Waals surface area (Å²) in [5.41, 5.74) is 3.09. The lowest BCUT2D eigenvalue weighted by atomic mass is 10.0. The number of hydrogen-bond acceptors (Lipinski definition) is 5. The second-order valence-electron chi connectivity index (χ2n) is 7.98. The Kier molecular flexibility index (Phi) is 5.48. The molecule has 6 nitrogen and oxygen atoms in total. The number of aromatic nitrogens is 2. The van der Waals surface area contributed by atoms with E-state index in [0.29, 0.717) is 17.7 Å². The van der Waals surface area contributed by atoms with Gasteiger partial charge in [-0.2, -0.15) is 0 Å². The molecule has 1 aliphatic carbocycles. The molecule has 0 radical (unpaired) electrons. The van der Waals surface area contributed by atoms with Crippen molar-refractivity contribution in [2.75, 3.05) is 0 Å². The zero-order valence-corrected chi connectivity index (χ0v) is 18.2. The van der Waals surface area contributed by atoms with E-state index in [0.717, 1.165) is 35.3 Å². The molecule has 5 rings (SSSR count). The van der Waals surface area contributed by atoms with Gasteiger partial charge in [0.15, 0.2) is 5.76 Å². The number of aryl methyl sites for hydroxylation is 1.